The fourth-order valence-electron chi connectivity index (χ4n) is 2.41. The van der Waals surface area contributed by atoms with E-state index in [9.17, 15) is 0 Å². The van der Waals surface area contributed by atoms with Crippen LogP contribution < -0.4 is 11.5 Å². The van der Waals surface area contributed by atoms with Gasteiger partial charge in [-0.05, 0) is 81.0 Å². The van der Waals surface area contributed by atoms with E-state index in [-0.39, 0.29) is 18.4 Å². The minimum atomic E-state index is 0. The molecule has 0 radical (unpaired) electrons. The maximum absolute atomic E-state index is 6.22. The number of hydrogen-bond acceptors (Lipinski definition) is 2. The van der Waals surface area contributed by atoms with Gasteiger partial charge in [0.05, 0.1) is 0 Å². The summed E-state index contributed by atoms with van der Waals surface area (Å²) in [6, 6.07) is 0.0722. The first-order valence-corrected chi connectivity index (χ1v) is 5.94. The Bertz CT molecular complexity index is 371. The van der Waals surface area contributed by atoms with Gasteiger partial charge in [0, 0.05) is 6.04 Å². The van der Waals surface area contributed by atoms with Crippen molar-refractivity contribution in [1.29, 1.82) is 0 Å². The summed E-state index contributed by atoms with van der Waals surface area (Å²) in [6.07, 6.45) is 0.851. The Kier molecular flexibility index (Phi) is 6.17. The molecule has 0 saturated carbocycles. The molecule has 17 heavy (non-hydrogen) atoms. The standard InChI is InChI=1S/C14H24N2.ClH/c1-8-9(2)11(4)14(12(5)10(8)3)13(16)6-7-15;/h13H,6-7,15-16H2,1-5H3;1H/t13-;/m1./s1. The first kappa shape index (κ1) is 16.4. The molecule has 0 spiro atoms. The van der Waals surface area contributed by atoms with Crippen LogP contribution in [0.3, 0.4) is 0 Å². The highest BCUT2D eigenvalue weighted by molar-refractivity contribution is 5.85. The minimum absolute atomic E-state index is 0. The lowest BCUT2D eigenvalue weighted by Crippen LogP contribution is -2.19. The lowest BCUT2D eigenvalue weighted by Gasteiger charge is -2.22. The van der Waals surface area contributed by atoms with Crippen molar-refractivity contribution in [3.63, 3.8) is 0 Å². The molecule has 0 fully saturated rings. The van der Waals surface area contributed by atoms with Crippen LogP contribution in [-0.4, -0.2) is 6.54 Å². The normalized spacial score (nSPS) is 12.2. The highest BCUT2D eigenvalue weighted by atomic mass is 35.5. The molecule has 0 heterocycles. The zero-order chi connectivity index (χ0) is 12.5. The van der Waals surface area contributed by atoms with Crippen LogP contribution in [0.15, 0.2) is 0 Å². The van der Waals surface area contributed by atoms with E-state index in [2.05, 4.69) is 34.6 Å². The summed E-state index contributed by atoms with van der Waals surface area (Å²) >= 11 is 0. The second-order valence-electron chi connectivity index (χ2n) is 4.72. The van der Waals surface area contributed by atoms with Gasteiger partial charge in [0.15, 0.2) is 0 Å². The lowest BCUT2D eigenvalue weighted by molar-refractivity contribution is 0.652. The molecule has 4 N–H and O–H groups in total. The Hall–Kier alpha value is -0.570. The molecular weight excluding hydrogens is 232 g/mol. The van der Waals surface area contributed by atoms with Crippen LogP contribution in [0.4, 0.5) is 0 Å². The third-order valence-electron chi connectivity index (χ3n) is 3.91. The maximum atomic E-state index is 6.22. The zero-order valence-corrected chi connectivity index (χ0v) is 12.4. The molecule has 2 nitrogen and oxygen atoms in total. The maximum Gasteiger partial charge on any atom is 0.0312 e. The van der Waals surface area contributed by atoms with Crippen molar-refractivity contribution in [2.75, 3.05) is 6.54 Å². The van der Waals surface area contributed by atoms with Crippen molar-refractivity contribution in [3.05, 3.63) is 33.4 Å². The SMILES string of the molecule is Cc1c(C)c(C)c([C@H](N)CCN)c(C)c1C.Cl. The summed E-state index contributed by atoms with van der Waals surface area (Å²) in [4.78, 5) is 0. The number of hydrogen-bond donors (Lipinski definition) is 2. The molecule has 1 aromatic rings. The number of halogens is 1. The van der Waals surface area contributed by atoms with Gasteiger partial charge in [0.25, 0.3) is 0 Å². The third-order valence-corrected chi connectivity index (χ3v) is 3.91. The molecule has 0 saturated heterocycles. The Labute approximate surface area is 111 Å². The number of rotatable bonds is 3. The predicted molar refractivity (Wildman–Crippen MR) is 78.0 cm³/mol. The van der Waals surface area contributed by atoms with Gasteiger partial charge in [-0.2, -0.15) is 0 Å². The molecule has 0 bridgehead atoms. The largest absolute Gasteiger partial charge is 0.330 e. The average molecular weight is 257 g/mol. The summed E-state index contributed by atoms with van der Waals surface area (Å²) in [5, 5.41) is 0. The van der Waals surface area contributed by atoms with Gasteiger partial charge < -0.3 is 11.5 Å². The molecule has 0 aromatic heterocycles. The van der Waals surface area contributed by atoms with Gasteiger partial charge in [0.2, 0.25) is 0 Å². The molecule has 3 heteroatoms. The molecule has 0 aliphatic carbocycles. The van der Waals surface area contributed by atoms with Crippen LogP contribution in [0.25, 0.3) is 0 Å². The van der Waals surface area contributed by atoms with Crippen molar-refractivity contribution in [2.45, 2.75) is 47.1 Å². The van der Waals surface area contributed by atoms with Crippen LogP contribution in [-0.2, 0) is 0 Å². The molecule has 1 rings (SSSR count). The number of nitrogens with two attached hydrogens (primary N) is 2. The van der Waals surface area contributed by atoms with E-state index >= 15 is 0 Å². The average Bonchev–Trinajstić information content (AvgIpc) is 2.24. The fraction of sp³-hybridized carbons (Fsp3) is 0.571. The molecule has 0 aliphatic rings. The number of benzene rings is 1. The quantitative estimate of drug-likeness (QED) is 0.874. The highest BCUT2D eigenvalue weighted by Gasteiger charge is 2.16. The van der Waals surface area contributed by atoms with Gasteiger partial charge >= 0.3 is 0 Å². The van der Waals surface area contributed by atoms with E-state index in [0.29, 0.717) is 6.54 Å². The van der Waals surface area contributed by atoms with Crippen molar-refractivity contribution in [2.24, 2.45) is 11.5 Å². The van der Waals surface area contributed by atoms with Gasteiger partial charge in [-0.25, -0.2) is 0 Å². The monoisotopic (exact) mass is 256 g/mol. The van der Waals surface area contributed by atoms with Crippen LogP contribution in [0, 0.1) is 34.6 Å². The van der Waals surface area contributed by atoms with E-state index < -0.39 is 0 Å². The second kappa shape index (κ2) is 6.39. The smallest absolute Gasteiger partial charge is 0.0312 e. The van der Waals surface area contributed by atoms with Crippen molar-refractivity contribution < 1.29 is 0 Å². The molecule has 0 amide bonds. The van der Waals surface area contributed by atoms with E-state index in [4.69, 9.17) is 11.5 Å². The Morgan fingerprint density at radius 1 is 0.824 bits per heavy atom. The minimum Gasteiger partial charge on any atom is -0.330 e. The van der Waals surface area contributed by atoms with Gasteiger partial charge in [-0.3, -0.25) is 0 Å². The fourth-order valence-corrected chi connectivity index (χ4v) is 2.41. The molecule has 1 atom stereocenters. The van der Waals surface area contributed by atoms with Crippen LogP contribution >= 0.6 is 12.4 Å². The van der Waals surface area contributed by atoms with Crippen LogP contribution in [0.2, 0.25) is 0 Å². The Morgan fingerprint density at radius 2 is 1.18 bits per heavy atom. The summed E-state index contributed by atoms with van der Waals surface area (Å²) in [6.45, 7) is 11.5. The van der Waals surface area contributed by atoms with Crippen molar-refractivity contribution in [1.82, 2.24) is 0 Å². The van der Waals surface area contributed by atoms with Crippen LogP contribution in [0.5, 0.6) is 0 Å². The summed E-state index contributed by atoms with van der Waals surface area (Å²) < 4.78 is 0. The van der Waals surface area contributed by atoms with Crippen molar-refractivity contribution in [3.8, 4) is 0 Å². The lowest BCUT2D eigenvalue weighted by atomic mass is 9.86. The topological polar surface area (TPSA) is 52.0 Å². The predicted octanol–water partition coefficient (Wildman–Crippen LogP) is 3.00. The molecule has 0 unspecified atom stereocenters. The molecule has 1 aromatic carbocycles. The first-order chi connectivity index (χ1) is 7.41. The molecule has 0 aliphatic heterocycles. The van der Waals surface area contributed by atoms with Gasteiger partial charge in [0.1, 0.15) is 0 Å². The van der Waals surface area contributed by atoms with E-state index in [1.165, 1.54) is 33.4 Å². The van der Waals surface area contributed by atoms with E-state index in [1.807, 2.05) is 0 Å². The first-order valence-electron chi connectivity index (χ1n) is 5.94. The second-order valence-corrected chi connectivity index (χ2v) is 4.72. The Morgan fingerprint density at radius 3 is 1.53 bits per heavy atom. The van der Waals surface area contributed by atoms with E-state index in [0.717, 1.165) is 6.42 Å². The van der Waals surface area contributed by atoms with Crippen molar-refractivity contribution >= 4 is 12.4 Å². The Balaban J connectivity index is 0.00000256. The van der Waals surface area contributed by atoms with E-state index in [1.54, 1.807) is 0 Å². The molecular formula is C14H25ClN2. The summed E-state index contributed by atoms with van der Waals surface area (Å²) in [7, 11) is 0. The summed E-state index contributed by atoms with van der Waals surface area (Å²) in [5.41, 5.74) is 19.9. The molecule has 98 valence electrons. The van der Waals surface area contributed by atoms with Gasteiger partial charge in [-0.1, -0.05) is 0 Å². The zero-order valence-electron chi connectivity index (χ0n) is 11.6. The third kappa shape index (κ3) is 3.01. The van der Waals surface area contributed by atoms with Crippen LogP contribution in [0.1, 0.15) is 45.8 Å². The van der Waals surface area contributed by atoms with Gasteiger partial charge in [-0.15, -0.1) is 12.4 Å². The highest BCUT2D eigenvalue weighted by Crippen LogP contribution is 2.30. The summed E-state index contributed by atoms with van der Waals surface area (Å²) in [5.74, 6) is 0.